The molecule has 0 aromatic heterocycles. The first kappa shape index (κ1) is 14.6. The van der Waals surface area contributed by atoms with Gasteiger partial charge in [0.2, 0.25) is 0 Å². The van der Waals surface area contributed by atoms with Gasteiger partial charge in [-0.3, -0.25) is 4.90 Å². The van der Waals surface area contributed by atoms with Gasteiger partial charge in [0.15, 0.2) is 0 Å². The van der Waals surface area contributed by atoms with Crippen LogP contribution in [0.3, 0.4) is 0 Å². The predicted octanol–water partition coefficient (Wildman–Crippen LogP) is 2.07. The molecular formula is C14H21ClN2O2. The second kappa shape index (κ2) is 6.57. The molecule has 1 saturated heterocycles. The molecule has 2 atom stereocenters. The van der Waals surface area contributed by atoms with Crippen LogP contribution in [-0.4, -0.2) is 44.4 Å². The first-order valence-corrected chi connectivity index (χ1v) is 6.96. The quantitative estimate of drug-likeness (QED) is 0.919. The lowest BCUT2D eigenvalue weighted by molar-refractivity contribution is -0.0392. The van der Waals surface area contributed by atoms with E-state index in [9.17, 15) is 0 Å². The number of rotatable bonds is 4. The van der Waals surface area contributed by atoms with Gasteiger partial charge in [0.25, 0.3) is 0 Å². The Kier molecular flexibility index (Phi) is 5.05. The summed E-state index contributed by atoms with van der Waals surface area (Å²) in [7, 11) is 1.60. The summed E-state index contributed by atoms with van der Waals surface area (Å²) in [6.07, 6.45) is 0.0135. The number of morpholine rings is 1. The fraction of sp³-hybridized carbons (Fsp3) is 0.571. The van der Waals surface area contributed by atoms with Crippen LogP contribution in [0.5, 0.6) is 5.75 Å². The van der Waals surface area contributed by atoms with Crippen LogP contribution in [0.15, 0.2) is 18.2 Å². The summed E-state index contributed by atoms with van der Waals surface area (Å²) >= 11 is 6.03. The fourth-order valence-corrected chi connectivity index (χ4v) is 2.53. The largest absolute Gasteiger partial charge is 0.495 e. The highest BCUT2D eigenvalue weighted by molar-refractivity contribution is 6.32. The van der Waals surface area contributed by atoms with E-state index in [1.807, 2.05) is 18.2 Å². The smallest absolute Gasteiger partial charge is 0.137 e. The van der Waals surface area contributed by atoms with Crippen LogP contribution in [0.4, 0.5) is 0 Å². The Balaban J connectivity index is 2.12. The second-order valence-corrected chi connectivity index (χ2v) is 5.13. The van der Waals surface area contributed by atoms with Gasteiger partial charge in [-0.2, -0.15) is 0 Å². The number of ether oxygens (including phenoxy) is 2. The second-order valence-electron chi connectivity index (χ2n) is 4.72. The van der Waals surface area contributed by atoms with Crippen LogP contribution in [0, 0.1) is 0 Å². The number of likely N-dealkylation sites (N-methyl/N-ethyl adjacent to an activating group) is 1. The molecule has 0 spiro atoms. The van der Waals surface area contributed by atoms with Crippen molar-refractivity contribution in [1.29, 1.82) is 0 Å². The molecule has 2 rings (SSSR count). The first-order valence-electron chi connectivity index (χ1n) is 6.58. The molecule has 0 aliphatic carbocycles. The normalized spacial score (nSPS) is 22.2. The van der Waals surface area contributed by atoms with Gasteiger partial charge in [0, 0.05) is 13.1 Å². The molecule has 0 amide bonds. The summed E-state index contributed by atoms with van der Waals surface area (Å²) in [6, 6.07) is 5.47. The van der Waals surface area contributed by atoms with E-state index < -0.39 is 0 Å². The Morgan fingerprint density at radius 2 is 2.37 bits per heavy atom. The van der Waals surface area contributed by atoms with Crippen LogP contribution in [0.2, 0.25) is 5.02 Å². The van der Waals surface area contributed by atoms with Gasteiger partial charge in [-0.1, -0.05) is 24.6 Å². The number of benzene rings is 1. The van der Waals surface area contributed by atoms with Gasteiger partial charge in [0.1, 0.15) is 5.75 Å². The number of methoxy groups -OCH3 is 1. The van der Waals surface area contributed by atoms with Crippen molar-refractivity contribution in [3.05, 3.63) is 28.8 Å². The van der Waals surface area contributed by atoms with Gasteiger partial charge >= 0.3 is 0 Å². The Bertz CT molecular complexity index is 428. The zero-order valence-corrected chi connectivity index (χ0v) is 12.2. The molecule has 19 heavy (non-hydrogen) atoms. The molecule has 0 bridgehead atoms. The number of hydrogen-bond donors (Lipinski definition) is 1. The van der Waals surface area contributed by atoms with E-state index in [0.717, 1.165) is 31.8 Å². The van der Waals surface area contributed by atoms with Crippen LogP contribution < -0.4 is 10.5 Å². The van der Waals surface area contributed by atoms with Crippen molar-refractivity contribution in [3.63, 3.8) is 0 Å². The molecule has 1 aliphatic rings. The maximum absolute atomic E-state index is 6.31. The molecule has 0 saturated carbocycles. The molecule has 2 N–H and O–H groups in total. The van der Waals surface area contributed by atoms with E-state index in [0.29, 0.717) is 10.8 Å². The summed E-state index contributed by atoms with van der Waals surface area (Å²) in [5, 5.41) is 0.596. The summed E-state index contributed by atoms with van der Waals surface area (Å²) in [5.41, 5.74) is 7.30. The Morgan fingerprint density at radius 3 is 3.05 bits per heavy atom. The third-order valence-corrected chi connectivity index (χ3v) is 3.90. The van der Waals surface area contributed by atoms with Gasteiger partial charge < -0.3 is 15.2 Å². The fourth-order valence-electron chi connectivity index (χ4n) is 2.33. The minimum atomic E-state index is -0.166. The number of nitrogens with zero attached hydrogens (tertiary/aromatic N) is 1. The van der Waals surface area contributed by atoms with Gasteiger partial charge in [0.05, 0.1) is 30.9 Å². The lowest BCUT2D eigenvalue weighted by Gasteiger charge is -2.35. The molecule has 4 nitrogen and oxygen atoms in total. The number of halogens is 1. The molecule has 106 valence electrons. The predicted molar refractivity (Wildman–Crippen MR) is 76.8 cm³/mol. The summed E-state index contributed by atoms with van der Waals surface area (Å²) < 4.78 is 11.0. The highest BCUT2D eigenvalue weighted by Crippen LogP contribution is 2.29. The molecule has 0 radical (unpaired) electrons. The van der Waals surface area contributed by atoms with E-state index in [-0.39, 0.29) is 12.1 Å². The van der Waals surface area contributed by atoms with Gasteiger partial charge in [-0.05, 0) is 24.2 Å². The average molecular weight is 285 g/mol. The Labute approximate surface area is 119 Å². The molecule has 1 heterocycles. The standard InChI is InChI=1S/C14H21ClN2O2/c1-3-17-6-7-19-13(9-17)14(16)10-4-5-11(15)12(8-10)18-2/h4-5,8,13-14H,3,6-7,9,16H2,1-2H3. The Morgan fingerprint density at radius 1 is 1.58 bits per heavy atom. The molecule has 1 fully saturated rings. The Hall–Kier alpha value is -0.810. The highest BCUT2D eigenvalue weighted by atomic mass is 35.5. The van der Waals surface area contributed by atoms with Crippen LogP contribution in [-0.2, 0) is 4.74 Å². The van der Waals surface area contributed by atoms with E-state index in [1.165, 1.54) is 0 Å². The summed E-state index contributed by atoms with van der Waals surface area (Å²) in [5.74, 6) is 0.651. The molecule has 5 heteroatoms. The molecule has 1 aromatic carbocycles. The van der Waals surface area contributed by atoms with Crippen molar-refractivity contribution >= 4 is 11.6 Å². The average Bonchev–Trinajstić information content (AvgIpc) is 2.47. The minimum absolute atomic E-state index is 0.0135. The van der Waals surface area contributed by atoms with Crippen LogP contribution in [0.25, 0.3) is 0 Å². The van der Waals surface area contributed by atoms with Crippen molar-refractivity contribution in [2.45, 2.75) is 19.1 Å². The zero-order chi connectivity index (χ0) is 13.8. The van der Waals surface area contributed by atoms with Crippen molar-refractivity contribution in [2.75, 3.05) is 33.4 Å². The maximum Gasteiger partial charge on any atom is 0.137 e. The summed E-state index contributed by atoms with van der Waals surface area (Å²) in [6.45, 7) is 5.75. The topological polar surface area (TPSA) is 47.7 Å². The van der Waals surface area contributed by atoms with E-state index in [2.05, 4.69) is 11.8 Å². The van der Waals surface area contributed by atoms with Crippen LogP contribution in [0.1, 0.15) is 18.5 Å². The minimum Gasteiger partial charge on any atom is -0.495 e. The van der Waals surface area contributed by atoms with Gasteiger partial charge in [-0.25, -0.2) is 0 Å². The number of hydrogen-bond acceptors (Lipinski definition) is 4. The van der Waals surface area contributed by atoms with Crippen molar-refractivity contribution in [3.8, 4) is 5.75 Å². The molecule has 1 aromatic rings. The van der Waals surface area contributed by atoms with E-state index in [4.69, 9.17) is 26.8 Å². The maximum atomic E-state index is 6.31. The third kappa shape index (κ3) is 3.39. The SMILES string of the molecule is CCN1CCOC(C(N)c2ccc(Cl)c(OC)c2)C1. The molecular weight excluding hydrogens is 264 g/mol. The molecule has 1 aliphatic heterocycles. The monoisotopic (exact) mass is 284 g/mol. The summed E-state index contributed by atoms with van der Waals surface area (Å²) in [4.78, 5) is 2.35. The van der Waals surface area contributed by atoms with Gasteiger partial charge in [-0.15, -0.1) is 0 Å². The van der Waals surface area contributed by atoms with Crippen molar-refractivity contribution in [1.82, 2.24) is 4.90 Å². The lowest BCUT2D eigenvalue weighted by Crippen LogP contribution is -2.46. The lowest BCUT2D eigenvalue weighted by atomic mass is 10.0. The first-order chi connectivity index (χ1) is 9.15. The van der Waals surface area contributed by atoms with E-state index >= 15 is 0 Å². The molecule has 2 unspecified atom stereocenters. The third-order valence-electron chi connectivity index (χ3n) is 3.59. The highest BCUT2D eigenvalue weighted by Gasteiger charge is 2.26. The van der Waals surface area contributed by atoms with E-state index in [1.54, 1.807) is 7.11 Å². The van der Waals surface area contributed by atoms with Crippen LogP contribution >= 0.6 is 11.6 Å². The number of nitrogens with two attached hydrogens (primary N) is 1. The zero-order valence-electron chi connectivity index (χ0n) is 11.4. The van der Waals surface area contributed by atoms with Crippen molar-refractivity contribution in [2.24, 2.45) is 5.73 Å². The van der Waals surface area contributed by atoms with Crippen molar-refractivity contribution < 1.29 is 9.47 Å².